The van der Waals surface area contributed by atoms with Crippen LogP contribution in [-0.4, -0.2) is 71.9 Å². The molecule has 11 heteroatoms. The highest BCUT2D eigenvalue weighted by Gasteiger charge is 2.22. The van der Waals surface area contributed by atoms with Crippen molar-refractivity contribution >= 4 is 23.4 Å². The largest absolute Gasteiger partial charge is 0.507 e. The van der Waals surface area contributed by atoms with Crippen molar-refractivity contribution in [3.63, 3.8) is 0 Å². The second-order valence-electron chi connectivity index (χ2n) is 7.27. The molecule has 1 aliphatic heterocycles. The summed E-state index contributed by atoms with van der Waals surface area (Å²) in [6, 6.07) is 5.03. The molecule has 1 fully saturated rings. The third kappa shape index (κ3) is 4.87. The van der Waals surface area contributed by atoms with E-state index in [1.165, 1.54) is 19.2 Å². The molecule has 2 aromatic carbocycles. The molecule has 0 aliphatic carbocycles. The molecule has 0 bridgehead atoms. The Morgan fingerprint density at radius 2 is 1.67 bits per heavy atom. The molecular weight excluding hydrogens is 458 g/mol. The summed E-state index contributed by atoms with van der Waals surface area (Å²) in [5.74, 6) is -2.28. The van der Waals surface area contributed by atoms with Gasteiger partial charge in [0.2, 0.25) is 11.2 Å². The number of phenols is 4. The summed E-state index contributed by atoms with van der Waals surface area (Å²) in [5, 5.41) is 39.6. The maximum atomic E-state index is 13.0. The van der Waals surface area contributed by atoms with Crippen molar-refractivity contribution in [2.75, 3.05) is 46.6 Å². The van der Waals surface area contributed by atoms with Gasteiger partial charge in [0.05, 0.1) is 20.3 Å². The number of aromatic hydroxyl groups is 4. The fraction of sp³-hybridized carbons (Fsp3) is 0.318. The molecule has 4 rings (SSSR count). The number of hydrogen-bond donors (Lipinski definition) is 4. The van der Waals surface area contributed by atoms with Crippen LogP contribution < -0.4 is 14.9 Å². The van der Waals surface area contributed by atoms with Gasteiger partial charge in [0.15, 0.2) is 23.0 Å². The van der Waals surface area contributed by atoms with Crippen molar-refractivity contribution in [1.82, 2.24) is 4.90 Å². The van der Waals surface area contributed by atoms with Crippen LogP contribution in [0.15, 0.2) is 33.5 Å². The van der Waals surface area contributed by atoms with Crippen LogP contribution in [0.2, 0.25) is 0 Å². The van der Waals surface area contributed by atoms with Gasteiger partial charge in [-0.15, -0.1) is 12.4 Å². The predicted molar refractivity (Wildman–Crippen MR) is 121 cm³/mol. The number of benzene rings is 2. The van der Waals surface area contributed by atoms with Crippen LogP contribution in [-0.2, 0) is 4.74 Å². The van der Waals surface area contributed by atoms with E-state index in [0.717, 1.165) is 25.2 Å². The third-order valence-electron chi connectivity index (χ3n) is 5.22. The average Bonchev–Trinajstić information content (AvgIpc) is 2.77. The molecule has 0 amide bonds. The topological polar surface area (TPSA) is 142 Å². The van der Waals surface area contributed by atoms with Crippen LogP contribution in [0.5, 0.6) is 34.5 Å². The molecule has 0 unspecified atom stereocenters. The number of morpholine rings is 1. The fourth-order valence-electron chi connectivity index (χ4n) is 3.57. The van der Waals surface area contributed by atoms with Crippen LogP contribution in [0.25, 0.3) is 22.3 Å². The van der Waals surface area contributed by atoms with E-state index in [4.69, 9.17) is 18.6 Å². The number of fused-ring (bicyclic) bond motifs is 1. The molecule has 0 radical (unpaired) electrons. The van der Waals surface area contributed by atoms with Gasteiger partial charge in [-0.05, 0) is 12.1 Å². The van der Waals surface area contributed by atoms with E-state index < -0.39 is 22.7 Å². The highest BCUT2D eigenvalue weighted by Crippen LogP contribution is 2.42. The molecule has 0 saturated carbocycles. The second-order valence-corrected chi connectivity index (χ2v) is 7.27. The van der Waals surface area contributed by atoms with E-state index in [-0.39, 0.29) is 46.2 Å². The van der Waals surface area contributed by atoms with Crippen LogP contribution in [0.1, 0.15) is 0 Å². The first kappa shape index (κ1) is 24.3. The Balaban J connectivity index is 0.00000306. The van der Waals surface area contributed by atoms with Crippen LogP contribution in [0.3, 0.4) is 0 Å². The molecule has 2 heterocycles. The van der Waals surface area contributed by atoms with Gasteiger partial charge in [-0.2, -0.15) is 0 Å². The van der Waals surface area contributed by atoms with Gasteiger partial charge in [0, 0.05) is 37.3 Å². The van der Waals surface area contributed by atoms with Gasteiger partial charge in [0.25, 0.3) is 0 Å². The quantitative estimate of drug-likeness (QED) is 0.387. The molecule has 10 nitrogen and oxygen atoms in total. The standard InChI is InChI=1S/C22H23NO9.ClH/c1-29-22-20(28)18-14(24)10-13(31-7-4-23-2-5-30-6-3-23)11-17(18)32-21(22)12-8-15(25)19(27)16(26)9-12;/h8-11,24-27H,2-7H2,1H3;1H. The minimum Gasteiger partial charge on any atom is -0.507 e. The first-order chi connectivity index (χ1) is 15.4. The predicted octanol–water partition coefficient (Wildman–Crippen LogP) is 2.42. The lowest BCUT2D eigenvalue weighted by molar-refractivity contribution is 0.0322. The Morgan fingerprint density at radius 1 is 1.00 bits per heavy atom. The van der Waals surface area contributed by atoms with Gasteiger partial charge >= 0.3 is 0 Å². The average molecular weight is 482 g/mol. The van der Waals surface area contributed by atoms with Gasteiger partial charge < -0.3 is 39.1 Å². The number of methoxy groups -OCH3 is 1. The Kier molecular flexibility index (Phi) is 7.42. The number of halogens is 1. The van der Waals surface area contributed by atoms with E-state index in [1.54, 1.807) is 0 Å². The number of nitrogens with zero attached hydrogens (tertiary/aromatic N) is 1. The lowest BCUT2D eigenvalue weighted by Crippen LogP contribution is -2.38. The second kappa shape index (κ2) is 10.1. The first-order valence-electron chi connectivity index (χ1n) is 9.95. The molecule has 1 aliphatic rings. The van der Waals surface area contributed by atoms with Crippen LogP contribution in [0, 0.1) is 0 Å². The monoisotopic (exact) mass is 481 g/mol. The highest BCUT2D eigenvalue weighted by atomic mass is 35.5. The van der Waals surface area contributed by atoms with Crippen molar-refractivity contribution in [2.45, 2.75) is 0 Å². The van der Waals surface area contributed by atoms with Gasteiger partial charge in [-0.3, -0.25) is 9.69 Å². The number of hydrogen-bond acceptors (Lipinski definition) is 10. The molecule has 1 saturated heterocycles. The smallest absolute Gasteiger partial charge is 0.239 e. The Morgan fingerprint density at radius 3 is 2.30 bits per heavy atom. The summed E-state index contributed by atoms with van der Waals surface area (Å²) in [4.78, 5) is 15.2. The maximum Gasteiger partial charge on any atom is 0.239 e. The number of rotatable bonds is 6. The SMILES string of the molecule is COc1c(-c2cc(O)c(O)c(O)c2)oc2cc(OCCN3CCOCC3)cc(O)c2c1=O.Cl. The summed E-state index contributed by atoms with van der Waals surface area (Å²) < 4.78 is 22.1. The lowest BCUT2D eigenvalue weighted by atomic mass is 10.1. The molecule has 33 heavy (non-hydrogen) atoms. The zero-order chi connectivity index (χ0) is 22.8. The van der Waals surface area contributed by atoms with Gasteiger partial charge in [-0.1, -0.05) is 0 Å². The minimum absolute atomic E-state index is 0. The zero-order valence-electron chi connectivity index (χ0n) is 17.7. The number of phenolic OH excluding ortho intramolecular Hbond substituents is 4. The molecule has 3 aromatic rings. The summed E-state index contributed by atoms with van der Waals surface area (Å²) >= 11 is 0. The normalized spacial score (nSPS) is 14.1. The van der Waals surface area contributed by atoms with Gasteiger partial charge in [0.1, 0.15) is 29.1 Å². The van der Waals surface area contributed by atoms with E-state index in [2.05, 4.69) is 4.90 Å². The van der Waals surface area contributed by atoms with Crippen molar-refractivity contribution < 1.29 is 39.1 Å². The van der Waals surface area contributed by atoms with E-state index in [9.17, 15) is 25.2 Å². The van der Waals surface area contributed by atoms with E-state index in [1.807, 2.05) is 0 Å². The molecule has 0 spiro atoms. The van der Waals surface area contributed by atoms with Crippen molar-refractivity contribution in [1.29, 1.82) is 0 Å². The molecule has 4 N–H and O–H groups in total. The number of ether oxygens (including phenoxy) is 3. The Hall–Kier alpha value is -3.34. The van der Waals surface area contributed by atoms with Crippen molar-refractivity contribution in [3.8, 4) is 45.8 Å². The third-order valence-corrected chi connectivity index (χ3v) is 5.22. The maximum absolute atomic E-state index is 13.0. The Labute approximate surface area is 194 Å². The summed E-state index contributed by atoms with van der Waals surface area (Å²) in [6.07, 6.45) is 0. The highest BCUT2D eigenvalue weighted by molar-refractivity contribution is 5.88. The molecule has 0 atom stereocenters. The summed E-state index contributed by atoms with van der Waals surface area (Å²) in [5.41, 5.74) is -0.529. The molecular formula is C22H24ClNO9. The van der Waals surface area contributed by atoms with Crippen LogP contribution in [0.4, 0.5) is 0 Å². The van der Waals surface area contributed by atoms with Crippen molar-refractivity contribution in [2.24, 2.45) is 0 Å². The van der Waals surface area contributed by atoms with Crippen LogP contribution >= 0.6 is 12.4 Å². The minimum atomic E-state index is -0.704. The van der Waals surface area contributed by atoms with Gasteiger partial charge in [-0.25, -0.2) is 0 Å². The summed E-state index contributed by atoms with van der Waals surface area (Å²) in [6.45, 7) is 4.01. The van der Waals surface area contributed by atoms with E-state index >= 15 is 0 Å². The van der Waals surface area contributed by atoms with E-state index in [0.29, 0.717) is 32.1 Å². The summed E-state index contributed by atoms with van der Waals surface area (Å²) in [7, 11) is 1.25. The molecule has 178 valence electrons. The zero-order valence-corrected chi connectivity index (χ0v) is 18.6. The van der Waals surface area contributed by atoms with Crippen molar-refractivity contribution in [3.05, 3.63) is 34.5 Å². The lowest BCUT2D eigenvalue weighted by Gasteiger charge is -2.26. The first-order valence-corrected chi connectivity index (χ1v) is 9.95. The molecule has 1 aromatic heterocycles. The fourth-order valence-corrected chi connectivity index (χ4v) is 3.57. The Bertz CT molecular complexity index is 1180.